The zero-order valence-electron chi connectivity index (χ0n) is 17.3. The molecule has 168 valence electrons. The van der Waals surface area contributed by atoms with E-state index in [9.17, 15) is 10.1 Å². The van der Waals surface area contributed by atoms with E-state index in [-0.39, 0.29) is 11.5 Å². The van der Waals surface area contributed by atoms with Gasteiger partial charge in [0.05, 0.1) is 33.2 Å². The molecule has 0 aliphatic carbocycles. The summed E-state index contributed by atoms with van der Waals surface area (Å²) in [7, 11) is 0. The molecular formula is C21H18Cl2N8O2. The first-order chi connectivity index (χ1) is 15.8. The van der Waals surface area contributed by atoms with E-state index >= 15 is 0 Å². The number of imidazole rings is 1. The lowest BCUT2D eigenvalue weighted by atomic mass is 10.0. The lowest BCUT2D eigenvalue weighted by Gasteiger charge is -2.14. The van der Waals surface area contributed by atoms with Gasteiger partial charge in [-0.3, -0.25) is 10.1 Å². The fraction of sp³-hybridized carbons (Fsp3) is 0.143. The van der Waals surface area contributed by atoms with E-state index in [1.165, 1.54) is 18.5 Å². The zero-order chi connectivity index (χ0) is 23.5. The molecule has 0 radical (unpaired) electrons. The molecule has 0 aliphatic rings. The highest BCUT2D eigenvalue weighted by Gasteiger charge is 2.19. The van der Waals surface area contributed by atoms with Crippen LogP contribution < -0.4 is 11.1 Å². The second kappa shape index (κ2) is 9.39. The summed E-state index contributed by atoms with van der Waals surface area (Å²) in [5.41, 5.74) is 9.05. The predicted octanol–water partition coefficient (Wildman–Crippen LogP) is 4.69. The number of nitrogens with zero attached hydrogens (tertiary/aromatic N) is 5. The Balaban J connectivity index is 1.66. The van der Waals surface area contributed by atoms with Crippen LogP contribution in [0.5, 0.6) is 0 Å². The third-order valence-electron chi connectivity index (χ3n) is 4.85. The first kappa shape index (κ1) is 22.4. The highest BCUT2D eigenvalue weighted by atomic mass is 35.5. The molecule has 1 aromatic carbocycles. The van der Waals surface area contributed by atoms with Crippen molar-refractivity contribution >= 4 is 40.5 Å². The minimum Gasteiger partial charge on any atom is -0.378 e. The zero-order valence-corrected chi connectivity index (χ0v) is 18.9. The van der Waals surface area contributed by atoms with Gasteiger partial charge in [-0.05, 0) is 31.2 Å². The van der Waals surface area contributed by atoms with Crippen LogP contribution in [0.2, 0.25) is 10.0 Å². The number of aromatic amines is 1. The normalized spacial score (nSPS) is 10.9. The first-order valence-electron chi connectivity index (χ1n) is 9.79. The van der Waals surface area contributed by atoms with Gasteiger partial charge < -0.3 is 16.0 Å². The highest BCUT2D eigenvalue weighted by Crippen LogP contribution is 2.36. The number of nitrogens with two attached hydrogens (primary N) is 1. The van der Waals surface area contributed by atoms with E-state index < -0.39 is 4.92 Å². The molecule has 0 spiro atoms. The maximum atomic E-state index is 10.9. The van der Waals surface area contributed by atoms with Crippen LogP contribution in [0.4, 0.5) is 17.3 Å². The number of hydrogen-bond acceptors (Lipinski definition) is 8. The molecule has 33 heavy (non-hydrogen) atoms. The van der Waals surface area contributed by atoms with Gasteiger partial charge in [-0.25, -0.2) is 19.9 Å². The van der Waals surface area contributed by atoms with Crippen LogP contribution in [0.15, 0.2) is 42.9 Å². The fourth-order valence-electron chi connectivity index (χ4n) is 3.36. The molecule has 0 saturated carbocycles. The Morgan fingerprint density at radius 1 is 1.18 bits per heavy atom. The summed E-state index contributed by atoms with van der Waals surface area (Å²) >= 11 is 12.5. The largest absolute Gasteiger partial charge is 0.378 e. The van der Waals surface area contributed by atoms with Crippen molar-refractivity contribution in [3.63, 3.8) is 0 Å². The molecule has 10 nitrogen and oxygen atoms in total. The number of nitrogens with one attached hydrogen (secondary N) is 2. The van der Waals surface area contributed by atoms with E-state index in [1.807, 2.05) is 13.0 Å². The Bertz CT molecular complexity index is 1340. The topological polar surface area (TPSA) is 149 Å². The average Bonchev–Trinajstić information content (AvgIpc) is 3.19. The van der Waals surface area contributed by atoms with Crippen LogP contribution in [0.3, 0.4) is 0 Å². The number of pyridine rings is 1. The van der Waals surface area contributed by atoms with Crippen LogP contribution in [-0.2, 0) is 6.42 Å². The molecule has 3 heterocycles. The van der Waals surface area contributed by atoms with Gasteiger partial charge in [0.25, 0.3) is 0 Å². The Kier molecular flexibility index (Phi) is 6.38. The van der Waals surface area contributed by atoms with E-state index in [0.717, 1.165) is 22.8 Å². The van der Waals surface area contributed by atoms with Crippen LogP contribution in [0.25, 0.3) is 22.5 Å². The standard InChI is InChI=1S/C21H18Cl2N8O2/c1-11-26-9-16(29-11)19-15(6-7-25-18-5-4-17(31(32)33)21(24)30-18)27-10-28-20(19)13-3-2-12(22)8-14(13)23/h2-5,8-10H,6-7H2,1H3,(H,26,29)(H3,24,25,30). The number of nitro groups is 1. The van der Waals surface area contributed by atoms with Gasteiger partial charge in [-0.1, -0.05) is 23.2 Å². The molecule has 0 amide bonds. The number of aryl methyl sites for hydroxylation is 1. The van der Waals surface area contributed by atoms with Crippen LogP contribution in [0.1, 0.15) is 11.5 Å². The molecule has 12 heteroatoms. The summed E-state index contributed by atoms with van der Waals surface area (Å²) in [6, 6.07) is 8.04. The number of nitrogen functional groups attached to an aromatic ring is 1. The summed E-state index contributed by atoms with van der Waals surface area (Å²) in [5.74, 6) is 1.02. The van der Waals surface area contributed by atoms with Crippen molar-refractivity contribution in [3.8, 4) is 22.5 Å². The van der Waals surface area contributed by atoms with E-state index in [0.29, 0.717) is 40.1 Å². The van der Waals surface area contributed by atoms with E-state index in [2.05, 4.69) is 30.2 Å². The summed E-state index contributed by atoms with van der Waals surface area (Å²) in [6.07, 6.45) is 3.69. The third kappa shape index (κ3) is 4.86. The molecule has 0 atom stereocenters. The number of rotatable bonds is 7. The van der Waals surface area contributed by atoms with Crippen LogP contribution in [0, 0.1) is 17.0 Å². The Morgan fingerprint density at radius 2 is 2.00 bits per heavy atom. The lowest BCUT2D eigenvalue weighted by molar-refractivity contribution is -0.384. The van der Waals surface area contributed by atoms with Crippen molar-refractivity contribution in [1.29, 1.82) is 0 Å². The van der Waals surface area contributed by atoms with Gasteiger partial charge in [0.2, 0.25) is 5.82 Å². The monoisotopic (exact) mass is 484 g/mol. The lowest BCUT2D eigenvalue weighted by Crippen LogP contribution is -2.10. The van der Waals surface area contributed by atoms with Crippen molar-refractivity contribution < 1.29 is 4.92 Å². The van der Waals surface area contributed by atoms with Crippen LogP contribution in [-0.4, -0.2) is 36.4 Å². The predicted molar refractivity (Wildman–Crippen MR) is 127 cm³/mol. The molecule has 0 bridgehead atoms. The molecule has 3 aromatic heterocycles. The minimum absolute atomic E-state index is 0.152. The second-order valence-corrected chi connectivity index (χ2v) is 7.93. The van der Waals surface area contributed by atoms with Gasteiger partial charge in [0, 0.05) is 35.2 Å². The highest BCUT2D eigenvalue weighted by molar-refractivity contribution is 6.36. The number of H-pyrrole nitrogens is 1. The number of anilines is 2. The Morgan fingerprint density at radius 3 is 2.67 bits per heavy atom. The first-order valence-corrected chi connectivity index (χ1v) is 10.5. The van der Waals surface area contributed by atoms with Gasteiger partial charge >= 0.3 is 5.69 Å². The molecule has 0 fully saturated rings. The average molecular weight is 485 g/mol. The fourth-order valence-corrected chi connectivity index (χ4v) is 3.86. The smallest absolute Gasteiger partial charge is 0.311 e. The van der Waals surface area contributed by atoms with Gasteiger partial charge in [0.1, 0.15) is 18.0 Å². The van der Waals surface area contributed by atoms with Crippen molar-refractivity contribution in [2.24, 2.45) is 0 Å². The maximum Gasteiger partial charge on any atom is 0.311 e. The van der Waals surface area contributed by atoms with Crippen molar-refractivity contribution in [2.75, 3.05) is 17.6 Å². The van der Waals surface area contributed by atoms with Gasteiger partial charge in [0.15, 0.2) is 0 Å². The number of benzene rings is 1. The van der Waals surface area contributed by atoms with Crippen molar-refractivity contribution in [1.82, 2.24) is 24.9 Å². The molecule has 0 saturated heterocycles. The van der Waals surface area contributed by atoms with Crippen LogP contribution >= 0.6 is 23.2 Å². The summed E-state index contributed by atoms with van der Waals surface area (Å²) in [5, 5.41) is 15.0. The Labute approximate surface area is 198 Å². The molecule has 4 N–H and O–H groups in total. The number of hydrogen-bond donors (Lipinski definition) is 3. The van der Waals surface area contributed by atoms with Crippen molar-refractivity contribution in [3.05, 3.63) is 74.5 Å². The minimum atomic E-state index is -0.574. The maximum absolute atomic E-state index is 10.9. The molecule has 4 rings (SSSR count). The molecule has 0 aliphatic heterocycles. The summed E-state index contributed by atoms with van der Waals surface area (Å²) in [6.45, 7) is 2.29. The Hall–Kier alpha value is -3.76. The number of halogens is 2. The van der Waals surface area contributed by atoms with Gasteiger partial charge in [-0.15, -0.1) is 0 Å². The quantitative estimate of drug-likeness (QED) is 0.252. The molecule has 0 unspecified atom stereocenters. The SMILES string of the molecule is Cc1ncc(-c2c(CCNc3ccc([N+](=O)[O-])c(N)n3)ncnc2-c2ccc(Cl)cc2Cl)[nH]1. The number of aromatic nitrogens is 5. The van der Waals surface area contributed by atoms with Gasteiger partial charge in [-0.2, -0.15) is 0 Å². The van der Waals surface area contributed by atoms with E-state index in [1.54, 1.807) is 18.3 Å². The van der Waals surface area contributed by atoms with Crippen molar-refractivity contribution in [2.45, 2.75) is 13.3 Å². The summed E-state index contributed by atoms with van der Waals surface area (Å²) in [4.78, 5) is 30.9. The third-order valence-corrected chi connectivity index (χ3v) is 5.40. The second-order valence-electron chi connectivity index (χ2n) is 7.09. The summed E-state index contributed by atoms with van der Waals surface area (Å²) < 4.78 is 0. The molecular weight excluding hydrogens is 467 g/mol. The van der Waals surface area contributed by atoms with E-state index in [4.69, 9.17) is 28.9 Å². The molecule has 4 aromatic rings.